The molecule has 0 saturated heterocycles. The van der Waals surface area contributed by atoms with Crippen LogP contribution in [0.5, 0.6) is 0 Å². The zero-order valence-corrected chi connectivity index (χ0v) is 10.7. The molecule has 0 spiro atoms. The van der Waals surface area contributed by atoms with Crippen LogP contribution in [-0.2, 0) is 0 Å². The Kier molecular flexibility index (Phi) is 3.53. The summed E-state index contributed by atoms with van der Waals surface area (Å²) in [5, 5.41) is 3.16. The number of nitrogens with one attached hydrogen (secondary N) is 1. The second-order valence-electron chi connectivity index (χ2n) is 4.02. The van der Waals surface area contributed by atoms with E-state index in [1.807, 2.05) is 31.2 Å². The fourth-order valence-electron chi connectivity index (χ4n) is 1.57. The number of carbonyl (C=O) groups excluding carboxylic acids is 1. The lowest BCUT2D eigenvalue weighted by Crippen LogP contribution is -2.14. The molecule has 4 heteroatoms. The summed E-state index contributed by atoms with van der Waals surface area (Å²) in [5.74, 6) is -0.265. The Morgan fingerprint density at radius 3 is 2.50 bits per heavy atom. The Balaban J connectivity index is 2.22. The van der Waals surface area contributed by atoms with Crippen molar-refractivity contribution in [1.82, 2.24) is 0 Å². The van der Waals surface area contributed by atoms with Gasteiger partial charge < -0.3 is 11.1 Å². The molecule has 18 heavy (non-hydrogen) atoms. The van der Waals surface area contributed by atoms with Gasteiger partial charge in [0, 0.05) is 5.69 Å². The number of nitrogens with two attached hydrogens (primary N) is 1. The molecule has 2 aromatic rings. The first-order valence-corrected chi connectivity index (χ1v) is 5.88. The molecule has 0 heterocycles. The SMILES string of the molecule is Cc1ccc(NC(=O)c2cccc(Cl)c2N)cc1. The summed E-state index contributed by atoms with van der Waals surface area (Å²) in [6.45, 7) is 1.99. The van der Waals surface area contributed by atoms with E-state index in [1.165, 1.54) is 0 Å². The van der Waals surface area contributed by atoms with E-state index < -0.39 is 0 Å². The highest BCUT2D eigenvalue weighted by Gasteiger charge is 2.11. The molecule has 0 aliphatic heterocycles. The molecule has 0 saturated carbocycles. The van der Waals surface area contributed by atoms with Crippen molar-refractivity contribution < 1.29 is 4.79 Å². The molecular formula is C14H13ClN2O. The zero-order valence-electron chi connectivity index (χ0n) is 9.91. The van der Waals surface area contributed by atoms with Crippen molar-refractivity contribution >= 4 is 28.9 Å². The number of rotatable bonds is 2. The fraction of sp³-hybridized carbons (Fsp3) is 0.0714. The second-order valence-corrected chi connectivity index (χ2v) is 4.43. The number of halogens is 1. The average molecular weight is 261 g/mol. The van der Waals surface area contributed by atoms with Crippen LogP contribution in [-0.4, -0.2) is 5.91 Å². The first-order valence-electron chi connectivity index (χ1n) is 5.50. The van der Waals surface area contributed by atoms with E-state index in [0.717, 1.165) is 11.3 Å². The zero-order chi connectivity index (χ0) is 13.1. The molecule has 1 amide bonds. The summed E-state index contributed by atoms with van der Waals surface area (Å²) in [6.07, 6.45) is 0. The van der Waals surface area contributed by atoms with Crippen LogP contribution in [0.25, 0.3) is 0 Å². The quantitative estimate of drug-likeness (QED) is 0.812. The van der Waals surface area contributed by atoms with E-state index in [-0.39, 0.29) is 5.91 Å². The van der Waals surface area contributed by atoms with E-state index in [2.05, 4.69) is 5.32 Å². The van der Waals surface area contributed by atoms with Crippen LogP contribution in [0.1, 0.15) is 15.9 Å². The maximum absolute atomic E-state index is 12.0. The van der Waals surface area contributed by atoms with Crippen molar-refractivity contribution in [1.29, 1.82) is 0 Å². The lowest BCUT2D eigenvalue weighted by Gasteiger charge is -2.08. The fourth-order valence-corrected chi connectivity index (χ4v) is 1.74. The standard InChI is InChI=1S/C14H13ClN2O/c1-9-5-7-10(8-6-9)17-14(18)11-3-2-4-12(15)13(11)16/h2-8H,16H2,1H3,(H,17,18). The van der Waals surface area contributed by atoms with Crippen molar-refractivity contribution in [2.24, 2.45) is 0 Å². The molecule has 0 radical (unpaired) electrons. The van der Waals surface area contributed by atoms with Crippen LogP contribution in [0.3, 0.4) is 0 Å². The Hall–Kier alpha value is -2.00. The van der Waals surface area contributed by atoms with E-state index in [1.54, 1.807) is 18.2 Å². The van der Waals surface area contributed by atoms with Gasteiger partial charge in [-0.2, -0.15) is 0 Å². The number of aryl methyl sites for hydroxylation is 1. The molecule has 0 aliphatic carbocycles. The Labute approximate surface area is 111 Å². The smallest absolute Gasteiger partial charge is 0.257 e. The van der Waals surface area contributed by atoms with Gasteiger partial charge in [0.15, 0.2) is 0 Å². The highest BCUT2D eigenvalue weighted by Crippen LogP contribution is 2.23. The number of hydrogen-bond donors (Lipinski definition) is 2. The maximum Gasteiger partial charge on any atom is 0.257 e. The van der Waals surface area contributed by atoms with Crippen molar-refractivity contribution in [3.05, 3.63) is 58.6 Å². The van der Waals surface area contributed by atoms with E-state index in [0.29, 0.717) is 16.3 Å². The van der Waals surface area contributed by atoms with Gasteiger partial charge in [-0.25, -0.2) is 0 Å². The van der Waals surface area contributed by atoms with Gasteiger partial charge >= 0.3 is 0 Å². The normalized spacial score (nSPS) is 10.1. The number of nitrogen functional groups attached to an aromatic ring is 1. The average Bonchev–Trinajstić information content (AvgIpc) is 2.35. The first-order chi connectivity index (χ1) is 8.58. The van der Waals surface area contributed by atoms with Gasteiger partial charge in [0.25, 0.3) is 5.91 Å². The van der Waals surface area contributed by atoms with Gasteiger partial charge in [0.2, 0.25) is 0 Å². The number of carbonyl (C=O) groups is 1. The Morgan fingerprint density at radius 1 is 1.17 bits per heavy atom. The summed E-state index contributed by atoms with van der Waals surface area (Å²) in [4.78, 5) is 12.0. The van der Waals surface area contributed by atoms with E-state index in [4.69, 9.17) is 17.3 Å². The predicted octanol–water partition coefficient (Wildman–Crippen LogP) is 3.48. The molecule has 0 bridgehead atoms. The van der Waals surface area contributed by atoms with Crippen LogP contribution in [0.4, 0.5) is 11.4 Å². The number of para-hydroxylation sites is 1. The van der Waals surface area contributed by atoms with Gasteiger partial charge in [-0.3, -0.25) is 4.79 Å². The number of anilines is 2. The second kappa shape index (κ2) is 5.10. The molecule has 0 aliphatic rings. The van der Waals surface area contributed by atoms with E-state index in [9.17, 15) is 4.79 Å². The largest absolute Gasteiger partial charge is 0.397 e. The number of benzene rings is 2. The molecule has 3 N–H and O–H groups in total. The lowest BCUT2D eigenvalue weighted by molar-refractivity contribution is 0.102. The number of amides is 1. The molecule has 92 valence electrons. The van der Waals surface area contributed by atoms with Crippen LogP contribution in [0.2, 0.25) is 5.02 Å². The summed E-state index contributed by atoms with van der Waals surface area (Å²) in [7, 11) is 0. The monoisotopic (exact) mass is 260 g/mol. The minimum atomic E-state index is -0.265. The van der Waals surface area contributed by atoms with Crippen molar-refractivity contribution in [2.45, 2.75) is 6.92 Å². The van der Waals surface area contributed by atoms with Gasteiger partial charge in [-0.15, -0.1) is 0 Å². The van der Waals surface area contributed by atoms with Gasteiger partial charge in [0.1, 0.15) is 0 Å². The topological polar surface area (TPSA) is 55.1 Å². The third-order valence-corrected chi connectivity index (χ3v) is 2.94. The molecule has 3 nitrogen and oxygen atoms in total. The van der Waals surface area contributed by atoms with Crippen molar-refractivity contribution in [3.8, 4) is 0 Å². The van der Waals surface area contributed by atoms with Crippen molar-refractivity contribution in [2.75, 3.05) is 11.1 Å². The molecular weight excluding hydrogens is 248 g/mol. The molecule has 0 aromatic heterocycles. The van der Waals surface area contributed by atoms with Crippen molar-refractivity contribution in [3.63, 3.8) is 0 Å². The summed E-state index contributed by atoms with van der Waals surface area (Å²) >= 11 is 5.88. The summed E-state index contributed by atoms with van der Waals surface area (Å²) in [6, 6.07) is 12.5. The maximum atomic E-state index is 12.0. The molecule has 2 aromatic carbocycles. The predicted molar refractivity (Wildman–Crippen MR) is 75.0 cm³/mol. The van der Waals surface area contributed by atoms with Crippen LogP contribution < -0.4 is 11.1 Å². The summed E-state index contributed by atoms with van der Waals surface area (Å²) in [5.41, 5.74) is 8.30. The van der Waals surface area contributed by atoms with Crippen LogP contribution in [0.15, 0.2) is 42.5 Å². The first kappa shape index (κ1) is 12.5. The Morgan fingerprint density at radius 2 is 1.83 bits per heavy atom. The van der Waals surface area contributed by atoms with Gasteiger partial charge in [-0.05, 0) is 31.2 Å². The third kappa shape index (κ3) is 2.63. The minimum Gasteiger partial charge on any atom is -0.397 e. The number of hydrogen-bond acceptors (Lipinski definition) is 2. The molecule has 0 unspecified atom stereocenters. The van der Waals surface area contributed by atoms with Gasteiger partial charge in [-0.1, -0.05) is 35.4 Å². The molecule has 0 atom stereocenters. The van der Waals surface area contributed by atoms with Crippen LogP contribution >= 0.6 is 11.6 Å². The Bertz CT molecular complexity index is 579. The summed E-state index contributed by atoms with van der Waals surface area (Å²) < 4.78 is 0. The lowest BCUT2D eigenvalue weighted by atomic mass is 10.1. The third-order valence-electron chi connectivity index (χ3n) is 2.61. The molecule has 0 fully saturated rings. The highest BCUT2D eigenvalue weighted by molar-refractivity contribution is 6.34. The van der Waals surface area contributed by atoms with E-state index >= 15 is 0 Å². The van der Waals surface area contributed by atoms with Crippen LogP contribution in [0, 0.1) is 6.92 Å². The highest BCUT2D eigenvalue weighted by atomic mass is 35.5. The van der Waals surface area contributed by atoms with Gasteiger partial charge in [0.05, 0.1) is 16.3 Å². The molecule has 2 rings (SSSR count). The minimum absolute atomic E-state index is 0.265.